The third-order valence-corrected chi connectivity index (χ3v) is 2.26. The van der Waals surface area contributed by atoms with Crippen molar-refractivity contribution in [2.75, 3.05) is 11.9 Å². The van der Waals surface area contributed by atoms with Gasteiger partial charge in [0.1, 0.15) is 0 Å². The first-order chi connectivity index (χ1) is 8.56. The summed E-state index contributed by atoms with van der Waals surface area (Å²) in [6.07, 6.45) is 6.38. The number of nitrogens with zero attached hydrogens (tertiary/aromatic N) is 1. The van der Waals surface area contributed by atoms with Gasteiger partial charge in [0.05, 0.1) is 10.5 Å². The number of nitro benzene ring substituents is 1. The maximum Gasteiger partial charge on any atom is 0.338 e. The fourth-order valence-corrected chi connectivity index (χ4v) is 1.39. The minimum atomic E-state index is -1.21. The van der Waals surface area contributed by atoms with Gasteiger partial charge in [0.15, 0.2) is 0 Å². The Balaban J connectivity index is 2.87. The summed E-state index contributed by atoms with van der Waals surface area (Å²) in [5, 5.41) is 22.4. The highest BCUT2D eigenvalue weighted by Crippen LogP contribution is 2.22. The number of hydrogen-bond donors (Lipinski definition) is 2. The molecule has 0 saturated heterocycles. The number of carbonyl (C=O) groups is 1. The maximum atomic E-state index is 11.0. The van der Waals surface area contributed by atoms with Gasteiger partial charge < -0.3 is 10.4 Å². The van der Waals surface area contributed by atoms with Crippen LogP contribution in [-0.4, -0.2) is 22.5 Å². The lowest BCUT2D eigenvalue weighted by atomic mass is 10.1. The summed E-state index contributed by atoms with van der Waals surface area (Å²) in [7, 11) is 0. The van der Waals surface area contributed by atoms with E-state index in [1.54, 1.807) is 0 Å². The second kappa shape index (κ2) is 6.25. The van der Waals surface area contributed by atoms with E-state index in [0.29, 0.717) is 25.1 Å². The van der Waals surface area contributed by atoms with Crippen molar-refractivity contribution in [2.24, 2.45) is 0 Å². The van der Waals surface area contributed by atoms with Crippen molar-refractivity contribution in [2.45, 2.75) is 12.8 Å². The molecular formula is C12H12N2O4. The van der Waals surface area contributed by atoms with E-state index in [1.807, 2.05) is 0 Å². The van der Waals surface area contributed by atoms with Crippen LogP contribution < -0.4 is 5.32 Å². The monoisotopic (exact) mass is 248 g/mol. The van der Waals surface area contributed by atoms with Crippen LogP contribution >= 0.6 is 0 Å². The summed E-state index contributed by atoms with van der Waals surface area (Å²) in [5.74, 6) is 1.26. The van der Waals surface area contributed by atoms with Gasteiger partial charge in [-0.2, -0.15) is 0 Å². The number of anilines is 1. The molecule has 0 aliphatic carbocycles. The van der Waals surface area contributed by atoms with Gasteiger partial charge in [0.25, 0.3) is 5.69 Å². The number of non-ortho nitro benzene ring substituents is 1. The zero-order valence-electron chi connectivity index (χ0n) is 9.55. The molecule has 1 aromatic rings. The Bertz CT molecular complexity index is 505. The third kappa shape index (κ3) is 3.49. The average Bonchev–Trinajstić information content (AvgIpc) is 2.34. The Morgan fingerprint density at radius 1 is 1.56 bits per heavy atom. The standard InChI is InChI=1S/C12H12N2O4/c1-2-3-4-7-13-11-6-5-9(14(17)18)8-10(11)12(15)16/h1,5-6,8,13H,3-4,7H2,(H,15,16). The highest BCUT2D eigenvalue weighted by Gasteiger charge is 2.15. The number of aromatic carboxylic acids is 1. The molecule has 1 rings (SSSR count). The van der Waals surface area contributed by atoms with Crippen LogP contribution in [0.1, 0.15) is 23.2 Å². The minimum absolute atomic E-state index is 0.120. The van der Waals surface area contributed by atoms with Gasteiger partial charge >= 0.3 is 5.97 Å². The smallest absolute Gasteiger partial charge is 0.338 e. The van der Waals surface area contributed by atoms with Crippen molar-refractivity contribution >= 4 is 17.3 Å². The number of carboxylic acid groups (broad SMARTS) is 1. The summed E-state index contributed by atoms with van der Waals surface area (Å²) in [6, 6.07) is 3.68. The lowest BCUT2D eigenvalue weighted by Gasteiger charge is -2.08. The molecule has 0 aliphatic rings. The van der Waals surface area contributed by atoms with Gasteiger partial charge in [-0.15, -0.1) is 12.3 Å². The average molecular weight is 248 g/mol. The number of hydrogen-bond acceptors (Lipinski definition) is 4. The maximum absolute atomic E-state index is 11.0. The van der Waals surface area contributed by atoms with Crippen molar-refractivity contribution in [3.8, 4) is 12.3 Å². The summed E-state index contributed by atoms with van der Waals surface area (Å²) in [5.41, 5.74) is -0.0170. The Labute approximate surface area is 104 Å². The second-order valence-electron chi connectivity index (χ2n) is 3.53. The van der Waals surface area contributed by atoms with Gasteiger partial charge in [0, 0.05) is 30.8 Å². The summed E-state index contributed by atoms with van der Waals surface area (Å²) < 4.78 is 0. The lowest BCUT2D eigenvalue weighted by molar-refractivity contribution is -0.384. The Morgan fingerprint density at radius 3 is 2.83 bits per heavy atom. The molecule has 0 unspecified atom stereocenters. The Morgan fingerprint density at radius 2 is 2.28 bits per heavy atom. The molecule has 0 aromatic heterocycles. The van der Waals surface area contributed by atoms with Crippen molar-refractivity contribution in [3.05, 3.63) is 33.9 Å². The predicted molar refractivity (Wildman–Crippen MR) is 66.6 cm³/mol. The van der Waals surface area contributed by atoms with Crippen LogP contribution in [0.25, 0.3) is 0 Å². The quantitative estimate of drug-likeness (QED) is 0.348. The molecule has 0 heterocycles. The van der Waals surface area contributed by atoms with Gasteiger partial charge in [-0.25, -0.2) is 4.79 Å². The number of benzene rings is 1. The first-order valence-corrected chi connectivity index (χ1v) is 5.25. The van der Waals surface area contributed by atoms with E-state index in [4.69, 9.17) is 11.5 Å². The molecule has 1 aromatic carbocycles. The fraction of sp³-hybridized carbons (Fsp3) is 0.250. The molecule has 0 atom stereocenters. The molecule has 0 amide bonds. The van der Waals surface area contributed by atoms with Crippen LogP contribution in [0.2, 0.25) is 0 Å². The Hall–Kier alpha value is -2.55. The second-order valence-corrected chi connectivity index (χ2v) is 3.53. The van der Waals surface area contributed by atoms with Crippen molar-refractivity contribution < 1.29 is 14.8 Å². The van der Waals surface area contributed by atoms with E-state index >= 15 is 0 Å². The van der Waals surface area contributed by atoms with Crippen molar-refractivity contribution in [1.29, 1.82) is 0 Å². The van der Waals surface area contributed by atoms with Crippen LogP contribution in [0, 0.1) is 22.5 Å². The molecule has 0 saturated carbocycles. The zero-order valence-corrected chi connectivity index (χ0v) is 9.55. The van der Waals surface area contributed by atoms with Crippen LogP contribution in [0.15, 0.2) is 18.2 Å². The van der Waals surface area contributed by atoms with Gasteiger partial charge in [-0.1, -0.05) is 0 Å². The number of nitrogens with one attached hydrogen (secondary N) is 1. The SMILES string of the molecule is C#CCCCNc1ccc([N+](=O)[O-])cc1C(=O)O. The van der Waals surface area contributed by atoms with Crippen molar-refractivity contribution in [3.63, 3.8) is 0 Å². The van der Waals surface area contributed by atoms with E-state index in [-0.39, 0.29) is 11.3 Å². The lowest BCUT2D eigenvalue weighted by Crippen LogP contribution is -2.08. The van der Waals surface area contributed by atoms with E-state index < -0.39 is 10.9 Å². The zero-order chi connectivity index (χ0) is 13.5. The number of carboxylic acids is 1. The van der Waals surface area contributed by atoms with Crippen molar-refractivity contribution in [1.82, 2.24) is 0 Å². The van der Waals surface area contributed by atoms with Crippen LogP contribution in [0.3, 0.4) is 0 Å². The van der Waals surface area contributed by atoms with Gasteiger partial charge in [0.2, 0.25) is 0 Å². The molecule has 0 aliphatic heterocycles. The van der Waals surface area contributed by atoms with E-state index in [1.165, 1.54) is 12.1 Å². The topological polar surface area (TPSA) is 92.5 Å². The highest BCUT2D eigenvalue weighted by atomic mass is 16.6. The minimum Gasteiger partial charge on any atom is -0.478 e. The first kappa shape index (κ1) is 13.5. The number of terminal acetylenes is 1. The number of rotatable bonds is 6. The molecular weight excluding hydrogens is 236 g/mol. The molecule has 0 radical (unpaired) electrons. The molecule has 0 fully saturated rings. The molecule has 6 heteroatoms. The fourth-order valence-electron chi connectivity index (χ4n) is 1.39. The normalized spacial score (nSPS) is 9.50. The number of unbranched alkanes of at least 4 members (excludes halogenated alkanes) is 1. The van der Waals surface area contributed by atoms with E-state index in [0.717, 1.165) is 6.07 Å². The van der Waals surface area contributed by atoms with E-state index in [2.05, 4.69) is 11.2 Å². The molecule has 0 spiro atoms. The highest BCUT2D eigenvalue weighted by molar-refractivity contribution is 5.95. The molecule has 2 N–H and O–H groups in total. The van der Waals surface area contributed by atoms with Gasteiger partial charge in [-0.3, -0.25) is 10.1 Å². The molecule has 94 valence electrons. The van der Waals surface area contributed by atoms with Crippen LogP contribution in [0.5, 0.6) is 0 Å². The summed E-state index contributed by atoms with van der Waals surface area (Å²) >= 11 is 0. The predicted octanol–water partition coefficient (Wildman–Crippen LogP) is 2.12. The first-order valence-electron chi connectivity index (χ1n) is 5.25. The molecule has 6 nitrogen and oxygen atoms in total. The molecule has 0 bridgehead atoms. The third-order valence-electron chi connectivity index (χ3n) is 2.26. The largest absolute Gasteiger partial charge is 0.478 e. The van der Waals surface area contributed by atoms with Crippen LogP contribution in [-0.2, 0) is 0 Å². The van der Waals surface area contributed by atoms with Crippen LogP contribution in [0.4, 0.5) is 11.4 Å². The summed E-state index contributed by atoms with van der Waals surface area (Å²) in [6.45, 7) is 0.516. The Kier molecular flexibility index (Phi) is 4.69. The molecule has 18 heavy (non-hydrogen) atoms. The van der Waals surface area contributed by atoms with E-state index in [9.17, 15) is 14.9 Å². The van der Waals surface area contributed by atoms with Gasteiger partial charge in [-0.05, 0) is 12.5 Å². The number of nitro groups is 1. The summed E-state index contributed by atoms with van der Waals surface area (Å²) in [4.78, 5) is 20.9.